The first-order valence-corrected chi connectivity index (χ1v) is 16.3. The highest BCUT2D eigenvalue weighted by Crippen LogP contribution is 2.57. The molecule has 0 saturated heterocycles. The maximum atomic E-state index is 15.4. The van der Waals surface area contributed by atoms with E-state index in [4.69, 9.17) is 0 Å². The van der Waals surface area contributed by atoms with Crippen molar-refractivity contribution in [1.29, 1.82) is 0 Å². The molecule has 200 valence electrons. The number of rotatable bonds is 5. The number of allylic oxidation sites excluding steroid dienone is 5. The van der Waals surface area contributed by atoms with Crippen molar-refractivity contribution in [2.24, 2.45) is 5.92 Å². The second-order valence-electron chi connectivity index (χ2n) is 11.2. The molecule has 2 aliphatic carbocycles. The van der Waals surface area contributed by atoms with Crippen LogP contribution in [-0.2, 0) is 11.0 Å². The maximum Gasteiger partial charge on any atom is 0.167 e. The highest BCUT2D eigenvalue weighted by molar-refractivity contribution is 7.82. The SMILES string of the molecule is CC1C=CC=C(c2c3c(c(-c4ccccc4)c4ccccc24)C=C(P(=O)(c2ccccc2)c2ccccc2)CC3)C1. The number of hydrogen-bond donors (Lipinski definition) is 0. The summed E-state index contributed by atoms with van der Waals surface area (Å²) in [5.74, 6) is 0.504. The molecule has 41 heavy (non-hydrogen) atoms. The fraction of sp³-hybridized carbons (Fsp3) is 0.128. The summed E-state index contributed by atoms with van der Waals surface area (Å²) in [7, 11) is -3.05. The van der Waals surface area contributed by atoms with Gasteiger partial charge in [-0.25, -0.2) is 0 Å². The lowest BCUT2D eigenvalue weighted by Crippen LogP contribution is -2.19. The lowest BCUT2D eigenvalue weighted by atomic mass is 9.78. The molecule has 7 rings (SSSR count). The van der Waals surface area contributed by atoms with Gasteiger partial charge in [0, 0.05) is 10.6 Å². The number of hydrogen-bond acceptors (Lipinski definition) is 1. The Balaban J connectivity index is 1.57. The minimum atomic E-state index is -3.05. The quantitative estimate of drug-likeness (QED) is 0.200. The van der Waals surface area contributed by atoms with Crippen LogP contribution in [0.15, 0.2) is 139 Å². The predicted molar refractivity (Wildman–Crippen MR) is 176 cm³/mol. The fourth-order valence-electron chi connectivity index (χ4n) is 6.74. The standard InChI is InChI=1S/C39H33OP/c1-28-14-13-17-30(26-28)39-35-23-12-11-22-34(35)38(29-15-5-2-6-16-29)37-27-33(24-25-36(37)39)41(40,31-18-7-3-8-19-31)32-20-9-4-10-21-32/h2-23,27-28H,24-26H2,1H3. The van der Waals surface area contributed by atoms with E-state index in [9.17, 15) is 0 Å². The average Bonchev–Trinajstić information content (AvgIpc) is 3.04. The van der Waals surface area contributed by atoms with Crippen LogP contribution < -0.4 is 10.6 Å². The van der Waals surface area contributed by atoms with E-state index in [1.54, 1.807) is 0 Å². The first kappa shape index (κ1) is 25.8. The molecule has 0 radical (unpaired) electrons. The molecule has 0 amide bonds. The molecule has 0 saturated carbocycles. The van der Waals surface area contributed by atoms with Crippen molar-refractivity contribution in [2.75, 3.05) is 0 Å². The summed E-state index contributed by atoms with van der Waals surface area (Å²) in [6.45, 7) is 2.30. The highest BCUT2D eigenvalue weighted by Gasteiger charge is 2.35. The molecule has 2 aliphatic rings. The van der Waals surface area contributed by atoms with Crippen LogP contribution in [0.5, 0.6) is 0 Å². The van der Waals surface area contributed by atoms with Crippen LogP contribution in [-0.4, -0.2) is 0 Å². The Morgan fingerprint density at radius 3 is 1.83 bits per heavy atom. The number of benzene rings is 5. The van der Waals surface area contributed by atoms with E-state index in [2.05, 4.69) is 85.8 Å². The topological polar surface area (TPSA) is 17.1 Å². The average molecular weight is 549 g/mol. The first-order chi connectivity index (χ1) is 20.1. The predicted octanol–water partition coefficient (Wildman–Crippen LogP) is 9.79. The summed E-state index contributed by atoms with van der Waals surface area (Å²) in [6.07, 6.45) is 11.8. The largest absolute Gasteiger partial charge is 0.309 e. The Hall–Kier alpha value is -4.19. The van der Waals surface area contributed by atoms with Crippen LogP contribution in [0, 0.1) is 5.92 Å². The summed E-state index contributed by atoms with van der Waals surface area (Å²) in [6, 6.07) is 39.8. The van der Waals surface area contributed by atoms with Crippen LogP contribution >= 0.6 is 7.14 Å². The summed E-state index contributed by atoms with van der Waals surface area (Å²) in [4.78, 5) is 0. The second-order valence-corrected chi connectivity index (χ2v) is 14.1. The molecule has 0 aromatic heterocycles. The van der Waals surface area contributed by atoms with E-state index in [0.717, 1.165) is 35.2 Å². The fourth-order valence-corrected chi connectivity index (χ4v) is 9.62. The van der Waals surface area contributed by atoms with Gasteiger partial charge >= 0.3 is 0 Å². The molecule has 1 nitrogen and oxygen atoms in total. The molecule has 0 aliphatic heterocycles. The normalized spacial score (nSPS) is 16.7. The first-order valence-electron chi connectivity index (χ1n) is 14.6. The lowest BCUT2D eigenvalue weighted by Gasteiger charge is -2.30. The van der Waals surface area contributed by atoms with Crippen LogP contribution in [0.1, 0.15) is 36.5 Å². The third-order valence-electron chi connectivity index (χ3n) is 8.61. The van der Waals surface area contributed by atoms with Crippen LogP contribution in [0.3, 0.4) is 0 Å². The molecule has 0 N–H and O–H groups in total. The summed E-state index contributed by atoms with van der Waals surface area (Å²) in [5, 5.41) is 5.40. The zero-order valence-corrected chi connectivity index (χ0v) is 24.2. The van der Waals surface area contributed by atoms with Gasteiger partial charge in [0.05, 0.1) is 0 Å². The molecule has 0 fully saturated rings. The summed E-state index contributed by atoms with van der Waals surface area (Å²) < 4.78 is 15.4. The van der Waals surface area contributed by atoms with E-state index in [0.29, 0.717) is 5.92 Å². The molecular formula is C39H33OP. The highest BCUT2D eigenvalue weighted by atomic mass is 31.2. The Labute approximate surface area is 243 Å². The van der Waals surface area contributed by atoms with Gasteiger partial charge in [-0.3, -0.25) is 0 Å². The molecule has 0 spiro atoms. The minimum Gasteiger partial charge on any atom is -0.309 e. The Kier molecular flexibility index (Phi) is 6.69. The van der Waals surface area contributed by atoms with E-state index in [1.807, 2.05) is 60.7 Å². The molecule has 5 aromatic rings. The van der Waals surface area contributed by atoms with Crippen LogP contribution in [0.4, 0.5) is 0 Å². The van der Waals surface area contributed by atoms with E-state index < -0.39 is 7.14 Å². The number of fused-ring (bicyclic) bond motifs is 2. The van der Waals surface area contributed by atoms with Gasteiger partial charge in [-0.1, -0.05) is 140 Å². The van der Waals surface area contributed by atoms with Crippen LogP contribution in [0.2, 0.25) is 0 Å². The maximum absolute atomic E-state index is 15.4. The zero-order chi connectivity index (χ0) is 27.8. The molecular weight excluding hydrogens is 515 g/mol. The van der Waals surface area contributed by atoms with Gasteiger partial charge in [-0.15, -0.1) is 0 Å². The lowest BCUT2D eigenvalue weighted by molar-refractivity contribution is 0.589. The minimum absolute atomic E-state index is 0.504. The van der Waals surface area contributed by atoms with Crippen molar-refractivity contribution < 1.29 is 4.57 Å². The molecule has 1 atom stereocenters. The van der Waals surface area contributed by atoms with Gasteiger partial charge in [0.2, 0.25) is 0 Å². The van der Waals surface area contributed by atoms with Gasteiger partial charge in [0.15, 0.2) is 7.14 Å². The second kappa shape index (κ2) is 10.7. The molecule has 5 aromatic carbocycles. The van der Waals surface area contributed by atoms with Crippen molar-refractivity contribution in [3.63, 3.8) is 0 Å². The zero-order valence-electron chi connectivity index (χ0n) is 23.3. The van der Waals surface area contributed by atoms with Gasteiger partial charge in [-0.05, 0) is 80.7 Å². The van der Waals surface area contributed by atoms with Crippen molar-refractivity contribution in [3.05, 3.63) is 155 Å². The van der Waals surface area contributed by atoms with Gasteiger partial charge in [0.25, 0.3) is 0 Å². The summed E-state index contributed by atoms with van der Waals surface area (Å²) >= 11 is 0. The molecule has 2 heteroatoms. The van der Waals surface area contributed by atoms with Crippen molar-refractivity contribution in [1.82, 2.24) is 0 Å². The van der Waals surface area contributed by atoms with Crippen molar-refractivity contribution in [2.45, 2.75) is 26.2 Å². The van der Waals surface area contributed by atoms with E-state index >= 15 is 4.57 Å². The van der Waals surface area contributed by atoms with Crippen molar-refractivity contribution in [3.8, 4) is 11.1 Å². The van der Waals surface area contributed by atoms with E-state index in [-0.39, 0.29) is 0 Å². The molecule has 1 unspecified atom stereocenters. The molecule has 0 bridgehead atoms. The van der Waals surface area contributed by atoms with Crippen molar-refractivity contribution >= 4 is 40.2 Å². The van der Waals surface area contributed by atoms with Crippen LogP contribution in [0.25, 0.3) is 33.5 Å². The van der Waals surface area contributed by atoms with Gasteiger partial charge in [0.1, 0.15) is 0 Å². The third kappa shape index (κ3) is 4.46. The smallest absolute Gasteiger partial charge is 0.167 e. The monoisotopic (exact) mass is 548 g/mol. The Morgan fingerprint density at radius 2 is 1.22 bits per heavy atom. The molecule has 0 heterocycles. The Bertz CT molecular complexity index is 1840. The van der Waals surface area contributed by atoms with Gasteiger partial charge < -0.3 is 4.57 Å². The Morgan fingerprint density at radius 1 is 0.659 bits per heavy atom. The summed E-state index contributed by atoms with van der Waals surface area (Å²) in [5.41, 5.74) is 7.82. The van der Waals surface area contributed by atoms with E-state index in [1.165, 1.54) is 44.2 Å². The van der Waals surface area contributed by atoms with Gasteiger partial charge in [-0.2, -0.15) is 0 Å². The third-order valence-corrected chi connectivity index (χ3v) is 11.8.